The number of pyridine rings is 1. The highest BCUT2D eigenvalue weighted by molar-refractivity contribution is 5.98. The summed E-state index contributed by atoms with van der Waals surface area (Å²) in [5, 5.41) is 0.978. The van der Waals surface area contributed by atoms with E-state index in [2.05, 4.69) is 7.05 Å². The van der Waals surface area contributed by atoms with Crippen LogP contribution in [0.4, 0.5) is 0 Å². The van der Waals surface area contributed by atoms with Gasteiger partial charge in [0, 0.05) is 5.39 Å². The van der Waals surface area contributed by atoms with Crippen LogP contribution in [-0.2, 0) is 11.3 Å². The first-order chi connectivity index (χ1) is 13.1. The average molecular weight is 365 g/mol. The van der Waals surface area contributed by atoms with Crippen LogP contribution >= 0.6 is 0 Å². The lowest BCUT2D eigenvalue weighted by Gasteiger charge is -2.17. The molecule has 1 N–H and O–H groups in total. The van der Waals surface area contributed by atoms with Crippen LogP contribution in [0.3, 0.4) is 0 Å². The third-order valence-corrected chi connectivity index (χ3v) is 4.63. The molecule has 27 heavy (non-hydrogen) atoms. The second-order valence-corrected chi connectivity index (χ2v) is 6.61. The summed E-state index contributed by atoms with van der Waals surface area (Å²) in [4.78, 5) is 18.3. The van der Waals surface area contributed by atoms with Gasteiger partial charge in [-0.25, -0.2) is 9.78 Å². The van der Waals surface area contributed by atoms with Crippen LogP contribution in [0.5, 0.6) is 5.75 Å². The quantitative estimate of drug-likeness (QED) is 0.654. The molecule has 3 aromatic rings. The van der Waals surface area contributed by atoms with Crippen LogP contribution in [0.15, 0.2) is 54.6 Å². The highest BCUT2D eigenvalue weighted by Gasteiger charge is 2.21. The zero-order valence-corrected chi connectivity index (χ0v) is 16.0. The first kappa shape index (κ1) is 18.9. The van der Waals surface area contributed by atoms with E-state index in [9.17, 15) is 4.79 Å². The van der Waals surface area contributed by atoms with E-state index in [0.29, 0.717) is 18.7 Å². The second kappa shape index (κ2) is 8.64. The predicted molar refractivity (Wildman–Crippen MR) is 105 cm³/mol. The van der Waals surface area contributed by atoms with Gasteiger partial charge in [-0.3, -0.25) is 0 Å². The molecule has 3 rings (SSSR count). The van der Waals surface area contributed by atoms with Crippen molar-refractivity contribution in [2.24, 2.45) is 0 Å². The molecule has 0 amide bonds. The molecule has 0 aliphatic heterocycles. The number of benzene rings is 2. The molecule has 0 fully saturated rings. The van der Waals surface area contributed by atoms with Gasteiger partial charge in [-0.15, -0.1) is 0 Å². The van der Waals surface area contributed by atoms with Crippen molar-refractivity contribution in [2.75, 3.05) is 27.3 Å². The van der Waals surface area contributed by atoms with Crippen molar-refractivity contribution in [2.45, 2.75) is 13.5 Å². The Kier molecular flexibility index (Phi) is 6.04. The minimum atomic E-state index is -0.339. The third kappa shape index (κ3) is 4.44. The average Bonchev–Trinajstić information content (AvgIpc) is 2.68. The predicted octanol–water partition coefficient (Wildman–Crippen LogP) is 2.42. The minimum Gasteiger partial charge on any atom is -0.488 e. The minimum absolute atomic E-state index is 0.339. The number of esters is 1. The lowest BCUT2D eigenvalue weighted by atomic mass is 10.0. The van der Waals surface area contributed by atoms with Gasteiger partial charge < -0.3 is 14.4 Å². The van der Waals surface area contributed by atoms with Crippen molar-refractivity contribution in [3.05, 3.63) is 71.4 Å². The number of fused-ring (bicyclic) bond motifs is 1. The molecule has 1 heterocycles. The number of quaternary nitrogens is 1. The Morgan fingerprint density at radius 2 is 1.78 bits per heavy atom. The number of nitrogens with zero attached hydrogens (tertiary/aromatic N) is 1. The number of hydrogen-bond donors (Lipinski definition) is 1. The largest absolute Gasteiger partial charge is 0.488 e. The Bertz CT molecular complexity index is 925. The molecule has 0 aliphatic carbocycles. The third-order valence-electron chi connectivity index (χ3n) is 4.63. The lowest BCUT2D eigenvalue weighted by molar-refractivity contribution is -0.894. The molecular formula is C22H25N2O3+. The molecule has 0 bridgehead atoms. The van der Waals surface area contributed by atoms with Crippen molar-refractivity contribution in [3.63, 3.8) is 0 Å². The Balaban J connectivity index is 1.77. The number of rotatable bonds is 7. The Morgan fingerprint density at radius 3 is 2.52 bits per heavy atom. The molecule has 1 aromatic heterocycles. The van der Waals surface area contributed by atoms with Gasteiger partial charge in [0.15, 0.2) is 0 Å². The van der Waals surface area contributed by atoms with E-state index < -0.39 is 0 Å². The van der Waals surface area contributed by atoms with Gasteiger partial charge in [-0.2, -0.15) is 0 Å². The molecule has 1 atom stereocenters. The summed E-state index contributed by atoms with van der Waals surface area (Å²) in [6.45, 7) is 3.96. The number of aryl methyl sites for hydroxylation is 1. The van der Waals surface area contributed by atoms with Crippen LogP contribution < -0.4 is 9.64 Å². The van der Waals surface area contributed by atoms with Gasteiger partial charge in [-0.1, -0.05) is 36.4 Å². The molecule has 5 nitrogen and oxygen atoms in total. The summed E-state index contributed by atoms with van der Waals surface area (Å²) in [6, 6.07) is 17.6. The molecule has 2 aromatic carbocycles. The normalized spacial score (nSPS) is 12.0. The maximum absolute atomic E-state index is 12.4. The van der Waals surface area contributed by atoms with Gasteiger partial charge in [0.1, 0.15) is 31.1 Å². The van der Waals surface area contributed by atoms with E-state index in [1.165, 1.54) is 12.0 Å². The highest BCUT2D eigenvalue weighted by atomic mass is 16.5. The van der Waals surface area contributed by atoms with Crippen molar-refractivity contribution >= 4 is 16.9 Å². The maximum Gasteiger partial charge on any atom is 0.340 e. The number of hydrogen-bond acceptors (Lipinski definition) is 4. The Morgan fingerprint density at radius 1 is 1.07 bits per heavy atom. The number of carbonyl (C=O) groups excluding carboxylic acids is 1. The Hall–Kier alpha value is -2.92. The second-order valence-electron chi connectivity index (χ2n) is 6.61. The fourth-order valence-corrected chi connectivity index (χ4v) is 3.18. The van der Waals surface area contributed by atoms with Crippen LogP contribution in [0.25, 0.3) is 10.9 Å². The maximum atomic E-state index is 12.4. The van der Waals surface area contributed by atoms with Gasteiger partial charge in [-0.05, 0) is 30.7 Å². The van der Waals surface area contributed by atoms with E-state index in [0.717, 1.165) is 34.5 Å². The molecule has 0 radical (unpaired) electrons. The smallest absolute Gasteiger partial charge is 0.340 e. The number of ether oxygens (including phenoxy) is 2. The standard InChI is InChI=1S/C22H24N2O3/c1-16-18-11-7-8-12-19(18)23-20(21(16)22(25)26-3)15-24(2)13-14-27-17-9-5-4-6-10-17/h4-12H,13-15H2,1-3H3/p+1. The number of aromatic nitrogens is 1. The summed E-state index contributed by atoms with van der Waals surface area (Å²) >= 11 is 0. The van der Waals surface area contributed by atoms with Gasteiger partial charge in [0.05, 0.1) is 25.2 Å². The summed E-state index contributed by atoms with van der Waals surface area (Å²) in [5.41, 5.74) is 3.14. The van der Waals surface area contributed by atoms with Gasteiger partial charge >= 0.3 is 5.97 Å². The van der Waals surface area contributed by atoms with Gasteiger partial charge in [0.2, 0.25) is 0 Å². The van der Waals surface area contributed by atoms with Crippen molar-refractivity contribution in [1.29, 1.82) is 0 Å². The molecule has 0 saturated heterocycles. The van der Waals surface area contributed by atoms with E-state index in [1.807, 2.05) is 61.5 Å². The van der Waals surface area contributed by atoms with Crippen molar-refractivity contribution < 1.29 is 19.2 Å². The SMILES string of the molecule is COC(=O)c1c(C[NH+](C)CCOc2ccccc2)nc2ccccc2c1C. The first-order valence-electron chi connectivity index (χ1n) is 9.06. The Labute approximate surface area is 159 Å². The summed E-state index contributed by atoms with van der Waals surface area (Å²) in [5.74, 6) is 0.523. The molecular weight excluding hydrogens is 340 g/mol. The lowest BCUT2D eigenvalue weighted by Crippen LogP contribution is -3.08. The number of nitrogens with one attached hydrogen (secondary N) is 1. The van der Waals surface area contributed by atoms with E-state index >= 15 is 0 Å². The van der Waals surface area contributed by atoms with E-state index in [1.54, 1.807) is 0 Å². The first-order valence-corrected chi connectivity index (χ1v) is 9.06. The summed E-state index contributed by atoms with van der Waals surface area (Å²) in [7, 11) is 3.48. The van der Waals surface area contributed by atoms with Crippen LogP contribution in [-0.4, -0.2) is 38.3 Å². The number of methoxy groups -OCH3 is 1. The zero-order valence-electron chi connectivity index (χ0n) is 16.0. The number of carbonyl (C=O) groups is 1. The molecule has 140 valence electrons. The van der Waals surface area contributed by atoms with E-state index in [4.69, 9.17) is 14.5 Å². The monoisotopic (exact) mass is 365 g/mol. The molecule has 0 spiro atoms. The fraction of sp³-hybridized carbons (Fsp3) is 0.273. The topological polar surface area (TPSA) is 52.9 Å². The van der Waals surface area contributed by atoms with Crippen LogP contribution in [0.2, 0.25) is 0 Å². The highest BCUT2D eigenvalue weighted by Crippen LogP contribution is 2.23. The fourth-order valence-electron chi connectivity index (χ4n) is 3.18. The summed E-state index contributed by atoms with van der Waals surface area (Å²) < 4.78 is 10.8. The van der Waals surface area contributed by atoms with Crippen LogP contribution in [0, 0.1) is 6.92 Å². The summed E-state index contributed by atoms with van der Waals surface area (Å²) in [6.07, 6.45) is 0. The molecule has 5 heteroatoms. The molecule has 0 aliphatic rings. The van der Waals surface area contributed by atoms with Crippen molar-refractivity contribution in [1.82, 2.24) is 4.98 Å². The molecule has 1 unspecified atom stereocenters. The van der Waals surface area contributed by atoms with Crippen LogP contribution in [0.1, 0.15) is 21.6 Å². The van der Waals surface area contributed by atoms with E-state index in [-0.39, 0.29) is 5.97 Å². The van der Waals surface area contributed by atoms with Gasteiger partial charge in [0.25, 0.3) is 0 Å². The number of para-hydroxylation sites is 2. The zero-order chi connectivity index (χ0) is 19.2. The molecule has 0 saturated carbocycles. The number of likely N-dealkylation sites (N-methyl/N-ethyl adjacent to an activating group) is 1. The van der Waals surface area contributed by atoms with Crippen molar-refractivity contribution in [3.8, 4) is 5.75 Å².